The fraction of sp³-hybridized carbons (Fsp3) is 0.276. The third kappa shape index (κ3) is 4.28. The molecule has 0 saturated carbocycles. The van der Waals surface area contributed by atoms with Crippen LogP contribution in [0.25, 0.3) is 28.0 Å². The average Bonchev–Trinajstić information content (AvgIpc) is 3.68. The molecule has 0 aliphatic carbocycles. The molecule has 0 spiro atoms. The van der Waals surface area contributed by atoms with E-state index in [1.807, 2.05) is 42.5 Å². The lowest BCUT2D eigenvalue weighted by Crippen LogP contribution is -2.46. The number of amides is 1. The predicted molar refractivity (Wildman–Crippen MR) is 153 cm³/mol. The number of nitrogens with one attached hydrogen (secondary N) is 1. The number of piperidine rings is 1. The molecule has 2 aliphatic heterocycles. The number of benzene rings is 1. The molecule has 0 unspecified atom stereocenters. The predicted octanol–water partition coefficient (Wildman–Crippen LogP) is 3.28. The maximum Gasteiger partial charge on any atom is 0.416 e. The maximum absolute atomic E-state index is 13.2. The van der Waals surface area contributed by atoms with Crippen LogP contribution < -0.4 is 11.5 Å². The zero-order valence-electron chi connectivity index (χ0n) is 22.6. The van der Waals surface area contributed by atoms with E-state index in [0.29, 0.717) is 29.7 Å². The molecule has 6 heterocycles. The number of H-pyrrole nitrogens is 1. The summed E-state index contributed by atoms with van der Waals surface area (Å²) >= 11 is 0. The number of carbonyl (C=O) groups excluding carboxylic acids is 1. The molecule has 2 saturated heterocycles. The number of oxazole rings is 1. The van der Waals surface area contributed by atoms with Crippen molar-refractivity contribution < 1.29 is 17.6 Å². The standard InChI is InChI=1S/C29H27N7O5S/c1-42(39,40)25-24(18-11-19-8-9-20(12-18)35(19)28(37)23-15-41-29(38)33-23)34-27-21(14-32-36(27)26(25)30)17-7-10-22(31-13-17)16-5-3-2-4-6-16/h2-7,10,13-15,18-20H,8-9,11-12,30H2,1H3,(H,33,38)/t18-,19-,20+. The van der Waals surface area contributed by atoms with Crippen LogP contribution in [0.15, 0.2) is 75.2 Å². The molecule has 3 atom stereocenters. The first-order valence-electron chi connectivity index (χ1n) is 13.6. The SMILES string of the molecule is CS(=O)(=O)c1c([C@@H]2C[C@H]3CC[C@@H](C2)N3C(=O)c2coc(=O)[nH]2)nc2c(-c3ccc(-c4ccccc4)nc3)cnn2c1N. The molecule has 1 aromatic carbocycles. The lowest BCUT2D eigenvalue weighted by molar-refractivity contribution is 0.0562. The molecule has 5 aromatic rings. The Kier molecular flexibility index (Phi) is 6.01. The van der Waals surface area contributed by atoms with E-state index in [1.165, 1.54) is 4.52 Å². The van der Waals surface area contributed by atoms with Crippen LogP contribution in [0, 0.1) is 0 Å². The molecular weight excluding hydrogens is 558 g/mol. The normalized spacial score (nSPS) is 20.3. The summed E-state index contributed by atoms with van der Waals surface area (Å²) in [5.41, 5.74) is 10.7. The van der Waals surface area contributed by atoms with Crippen LogP contribution in [-0.2, 0) is 9.84 Å². The molecule has 13 heteroatoms. The number of fused-ring (bicyclic) bond motifs is 3. The highest BCUT2D eigenvalue weighted by molar-refractivity contribution is 7.91. The summed E-state index contributed by atoms with van der Waals surface area (Å²) in [4.78, 5) is 38.4. The van der Waals surface area contributed by atoms with Gasteiger partial charge >= 0.3 is 5.76 Å². The van der Waals surface area contributed by atoms with E-state index in [0.717, 1.165) is 42.2 Å². The van der Waals surface area contributed by atoms with E-state index >= 15 is 0 Å². The summed E-state index contributed by atoms with van der Waals surface area (Å²) in [6.07, 6.45) is 8.15. The number of carbonyl (C=O) groups is 1. The summed E-state index contributed by atoms with van der Waals surface area (Å²) in [5.74, 6) is -1.25. The molecule has 2 bridgehead atoms. The summed E-state index contributed by atoms with van der Waals surface area (Å²) in [7, 11) is -3.77. The summed E-state index contributed by atoms with van der Waals surface area (Å²) in [5, 5.41) is 4.39. The number of aromatic amines is 1. The number of anilines is 1. The van der Waals surface area contributed by atoms with E-state index in [1.54, 1.807) is 17.3 Å². The first-order chi connectivity index (χ1) is 20.2. The number of nitrogens with zero attached hydrogens (tertiary/aromatic N) is 5. The molecule has 4 aromatic heterocycles. The fourth-order valence-corrected chi connectivity index (χ4v) is 7.53. The van der Waals surface area contributed by atoms with Gasteiger partial charge in [0.1, 0.15) is 22.7 Å². The average molecular weight is 586 g/mol. The smallest absolute Gasteiger partial charge is 0.416 e. The van der Waals surface area contributed by atoms with E-state index in [4.69, 9.17) is 15.1 Å². The van der Waals surface area contributed by atoms with Gasteiger partial charge in [-0.1, -0.05) is 36.4 Å². The second kappa shape index (κ2) is 9.65. The van der Waals surface area contributed by atoms with E-state index in [2.05, 4.69) is 15.1 Å². The number of rotatable bonds is 5. The first-order valence-corrected chi connectivity index (χ1v) is 15.5. The topological polar surface area (TPSA) is 170 Å². The van der Waals surface area contributed by atoms with Crippen molar-refractivity contribution in [1.29, 1.82) is 0 Å². The van der Waals surface area contributed by atoms with Crippen LogP contribution in [0.3, 0.4) is 0 Å². The highest BCUT2D eigenvalue weighted by Crippen LogP contribution is 2.45. The lowest BCUT2D eigenvalue weighted by Gasteiger charge is -2.39. The minimum atomic E-state index is -3.77. The van der Waals surface area contributed by atoms with Gasteiger partial charge in [0, 0.05) is 47.1 Å². The highest BCUT2D eigenvalue weighted by atomic mass is 32.2. The second-order valence-electron chi connectivity index (χ2n) is 10.9. The Balaban J connectivity index is 1.28. The molecule has 3 N–H and O–H groups in total. The van der Waals surface area contributed by atoms with Gasteiger partial charge in [0.25, 0.3) is 5.91 Å². The van der Waals surface area contributed by atoms with Gasteiger partial charge in [-0.2, -0.15) is 9.61 Å². The minimum Gasteiger partial charge on any atom is -0.416 e. The van der Waals surface area contributed by atoms with Gasteiger partial charge in [0.2, 0.25) is 0 Å². The molecule has 2 fully saturated rings. The second-order valence-corrected chi connectivity index (χ2v) is 12.9. The van der Waals surface area contributed by atoms with Gasteiger partial charge in [0.15, 0.2) is 15.5 Å². The van der Waals surface area contributed by atoms with Gasteiger partial charge in [-0.25, -0.2) is 18.2 Å². The third-order valence-electron chi connectivity index (χ3n) is 8.28. The van der Waals surface area contributed by atoms with Crippen molar-refractivity contribution >= 4 is 27.2 Å². The van der Waals surface area contributed by atoms with Crippen LogP contribution in [0.1, 0.15) is 47.8 Å². The van der Waals surface area contributed by atoms with Crippen LogP contribution in [0.5, 0.6) is 0 Å². The molecule has 214 valence electrons. The van der Waals surface area contributed by atoms with Crippen molar-refractivity contribution in [3.63, 3.8) is 0 Å². The van der Waals surface area contributed by atoms with Gasteiger partial charge in [-0.05, 0) is 31.7 Å². The molecule has 0 radical (unpaired) electrons. The van der Waals surface area contributed by atoms with Crippen molar-refractivity contribution in [2.24, 2.45) is 0 Å². The maximum atomic E-state index is 13.2. The number of sulfone groups is 1. The van der Waals surface area contributed by atoms with Gasteiger partial charge in [-0.15, -0.1) is 0 Å². The van der Waals surface area contributed by atoms with Crippen molar-refractivity contribution in [2.45, 2.75) is 48.6 Å². The van der Waals surface area contributed by atoms with Crippen LogP contribution >= 0.6 is 0 Å². The summed E-state index contributed by atoms with van der Waals surface area (Å²) in [6, 6.07) is 13.4. The van der Waals surface area contributed by atoms with Crippen molar-refractivity contribution in [2.75, 3.05) is 12.0 Å². The Morgan fingerprint density at radius 2 is 1.79 bits per heavy atom. The van der Waals surface area contributed by atoms with Crippen molar-refractivity contribution in [1.82, 2.24) is 29.5 Å². The van der Waals surface area contributed by atoms with Gasteiger partial charge < -0.3 is 15.1 Å². The monoisotopic (exact) mass is 585 g/mol. The largest absolute Gasteiger partial charge is 0.416 e. The lowest BCUT2D eigenvalue weighted by atomic mass is 9.87. The zero-order valence-corrected chi connectivity index (χ0v) is 23.4. The van der Waals surface area contributed by atoms with E-state index in [-0.39, 0.29) is 40.3 Å². The molecular formula is C29H27N7O5S. The molecule has 1 amide bonds. The van der Waals surface area contributed by atoms with Gasteiger partial charge in [0.05, 0.1) is 17.6 Å². The zero-order chi connectivity index (χ0) is 29.2. The summed E-state index contributed by atoms with van der Waals surface area (Å²) in [6.45, 7) is 0. The van der Waals surface area contributed by atoms with E-state index < -0.39 is 15.6 Å². The third-order valence-corrected chi connectivity index (χ3v) is 9.44. The van der Waals surface area contributed by atoms with Crippen LogP contribution in [-0.4, -0.2) is 62.1 Å². The quantitative estimate of drug-likeness (QED) is 0.314. The molecule has 12 nitrogen and oxygen atoms in total. The first kappa shape index (κ1) is 26.1. The van der Waals surface area contributed by atoms with Crippen LogP contribution in [0.4, 0.5) is 5.82 Å². The Labute approximate surface area is 240 Å². The van der Waals surface area contributed by atoms with E-state index in [9.17, 15) is 18.0 Å². The Hall–Kier alpha value is -4.78. The van der Waals surface area contributed by atoms with Crippen molar-refractivity contribution in [3.8, 4) is 22.4 Å². The highest BCUT2D eigenvalue weighted by Gasteiger charge is 2.46. The number of nitrogen functional groups attached to an aromatic ring is 1. The number of aromatic nitrogens is 5. The minimum absolute atomic E-state index is 0.000518. The summed E-state index contributed by atoms with van der Waals surface area (Å²) < 4.78 is 32.3. The molecule has 42 heavy (non-hydrogen) atoms. The molecule has 7 rings (SSSR count). The number of pyridine rings is 1. The van der Waals surface area contributed by atoms with Crippen LogP contribution in [0.2, 0.25) is 0 Å². The Morgan fingerprint density at radius 3 is 2.40 bits per heavy atom. The van der Waals surface area contributed by atoms with Gasteiger partial charge in [-0.3, -0.25) is 14.8 Å². The fourth-order valence-electron chi connectivity index (χ4n) is 6.47. The molecule has 2 aliphatic rings. The Bertz CT molecular complexity index is 1980. The Morgan fingerprint density at radius 1 is 1.05 bits per heavy atom. The van der Waals surface area contributed by atoms with Crippen molar-refractivity contribution in [3.05, 3.63) is 83.1 Å². The number of hydrogen-bond donors (Lipinski definition) is 2. The number of hydrogen-bond acceptors (Lipinski definition) is 9. The number of nitrogens with two attached hydrogens (primary N) is 1.